The third-order valence-corrected chi connectivity index (χ3v) is 2.74. The van der Waals surface area contributed by atoms with E-state index in [0.29, 0.717) is 18.0 Å². The molecule has 0 bridgehead atoms. The van der Waals surface area contributed by atoms with Crippen LogP contribution < -0.4 is 10.5 Å². The molecule has 0 atom stereocenters. The van der Waals surface area contributed by atoms with Gasteiger partial charge in [0.1, 0.15) is 5.82 Å². The van der Waals surface area contributed by atoms with E-state index in [0.717, 1.165) is 0 Å². The summed E-state index contributed by atoms with van der Waals surface area (Å²) in [6, 6.07) is 3.11. The highest BCUT2D eigenvalue weighted by molar-refractivity contribution is 7.89. The number of pyridine rings is 1. The summed E-state index contributed by atoms with van der Waals surface area (Å²) in [6.45, 7) is 2.17. The first-order valence-electron chi connectivity index (χ1n) is 5.30. The quantitative estimate of drug-likeness (QED) is 0.703. The fourth-order valence-electron chi connectivity index (χ4n) is 1.15. The minimum absolute atomic E-state index is 0.157. The summed E-state index contributed by atoms with van der Waals surface area (Å²) in [4.78, 5) is 15.3. The minimum Gasteiger partial charge on any atom is -0.462 e. The number of primary sulfonamides is 1. The Labute approximate surface area is 105 Å². The van der Waals surface area contributed by atoms with Crippen LogP contribution in [0.2, 0.25) is 0 Å². The topological polar surface area (TPSA) is 111 Å². The van der Waals surface area contributed by atoms with Crippen LogP contribution in [0.25, 0.3) is 0 Å². The molecule has 0 unspecified atom stereocenters. The van der Waals surface area contributed by atoms with Crippen molar-refractivity contribution >= 4 is 21.8 Å². The van der Waals surface area contributed by atoms with Crippen molar-refractivity contribution in [1.29, 1.82) is 0 Å². The number of carbonyl (C=O) groups is 1. The summed E-state index contributed by atoms with van der Waals surface area (Å²) in [6.07, 6.45) is 1.36. The van der Waals surface area contributed by atoms with Crippen LogP contribution in [0.3, 0.4) is 0 Å². The van der Waals surface area contributed by atoms with E-state index in [4.69, 9.17) is 9.88 Å². The zero-order valence-electron chi connectivity index (χ0n) is 9.92. The largest absolute Gasteiger partial charge is 0.462 e. The molecule has 1 rings (SSSR count). The highest BCUT2D eigenvalue weighted by atomic mass is 32.2. The number of nitrogens with two attached hydrogens (primary N) is 1. The molecular weight excluding hydrogens is 258 g/mol. The van der Waals surface area contributed by atoms with Crippen molar-refractivity contribution in [1.82, 2.24) is 4.98 Å². The highest BCUT2D eigenvalue weighted by Crippen LogP contribution is 2.06. The first-order chi connectivity index (χ1) is 8.42. The Morgan fingerprint density at radius 1 is 1.50 bits per heavy atom. The second kappa shape index (κ2) is 6.31. The van der Waals surface area contributed by atoms with Crippen LogP contribution >= 0.6 is 0 Å². The molecule has 0 amide bonds. The van der Waals surface area contributed by atoms with Crippen molar-refractivity contribution in [2.75, 3.05) is 24.2 Å². The average molecular weight is 273 g/mol. The molecule has 3 N–H and O–H groups in total. The van der Waals surface area contributed by atoms with Crippen LogP contribution in [0.15, 0.2) is 18.3 Å². The average Bonchev–Trinajstić information content (AvgIpc) is 2.28. The van der Waals surface area contributed by atoms with Crippen LogP contribution in [0.4, 0.5) is 5.82 Å². The van der Waals surface area contributed by atoms with Crippen molar-refractivity contribution < 1.29 is 17.9 Å². The molecule has 1 aromatic rings. The fourth-order valence-corrected chi connectivity index (χ4v) is 1.54. The fraction of sp³-hybridized carbons (Fsp3) is 0.400. The van der Waals surface area contributed by atoms with E-state index in [-0.39, 0.29) is 12.3 Å². The zero-order chi connectivity index (χ0) is 13.6. The zero-order valence-corrected chi connectivity index (χ0v) is 10.7. The van der Waals surface area contributed by atoms with Crippen LogP contribution in [0, 0.1) is 0 Å². The normalized spacial score (nSPS) is 11.0. The number of anilines is 1. The number of aromatic nitrogens is 1. The molecule has 0 spiro atoms. The van der Waals surface area contributed by atoms with E-state index >= 15 is 0 Å². The van der Waals surface area contributed by atoms with Gasteiger partial charge in [-0.1, -0.05) is 0 Å². The second-order valence-electron chi connectivity index (χ2n) is 3.45. The maximum absolute atomic E-state index is 11.3. The third-order valence-electron chi connectivity index (χ3n) is 1.97. The molecule has 0 saturated heterocycles. The van der Waals surface area contributed by atoms with Crippen molar-refractivity contribution in [3.8, 4) is 0 Å². The Hall–Kier alpha value is -1.67. The van der Waals surface area contributed by atoms with Gasteiger partial charge < -0.3 is 10.1 Å². The second-order valence-corrected chi connectivity index (χ2v) is 5.18. The summed E-state index contributed by atoms with van der Waals surface area (Å²) in [7, 11) is -3.49. The molecule has 0 saturated carbocycles. The number of carbonyl (C=O) groups excluding carboxylic acids is 1. The minimum atomic E-state index is -3.49. The summed E-state index contributed by atoms with van der Waals surface area (Å²) in [5.41, 5.74) is 0.342. The molecule has 0 aliphatic heterocycles. The molecule has 100 valence electrons. The lowest BCUT2D eigenvalue weighted by Gasteiger charge is -2.05. The Balaban J connectivity index is 2.53. The number of nitrogens with one attached hydrogen (secondary N) is 1. The lowest BCUT2D eigenvalue weighted by atomic mass is 10.3. The Morgan fingerprint density at radius 2 is 2.22 bits per heavy atom. The molecule has 8 heteroatoms. The van der Waals surface area contributed by atoms with Crippen molar-refractivity contribution in [3.05, 3.63) is 23.9 Å². The molecule has 0 radical (unpaired) electrons. The van der Waals surface area contributed by atoms with Gasteiger partial charge in [0.2, 0.25) is 10.0 Å². The molecule has 7 nitrogen and oxygen atoms in total. The molecule has 0 aliphatic carbocycles. The smallest absolute Gasteiger partial charge is 0.339 e. The summed E-state index contributed by atoms with van der Waals surface area (Å²) in [5, 5.41) is 7.62. The number of hydrogen-bond donors (Lipinski definition) is 2. The summed E-state index contributed by atoms with van der Waals surface area (Å²) >= 11 is 0. The Kier molecular flexibility index (Phi) is 5.05. The Morgan fingerprint density at radius 3 is 2.72 bits per heavy atom. The van der Waals surface area contributed by atoms with Crippen LogP contribution in [0.5, 0.6) is 0 Å². The van der Waals surface area contributed by atoms with Gasteiger partial charge in [0.25, 0.3) is 0 Å². The number of sulfonamides is 1. The van der Waals surface area contributed by atoms with E-state index in [1.807, 2.05) is 0 Å². The van der Waals surface area contributed by atoms with Crippen molar-refractivity contribution in [2.45, 2.75) is 6.92 Å². The molecule has 1 aromatic heterocycles. The van der Waals surface area contributed by atoms with E-state index in [1.54, 1.807) is 19.1 Å². The lowest BCUT2D eigenvalue weighted by Crippen LogP contribution is -2.22. The van der Waals surface area contributed by atoms with E-state index in [2.05, 4.69) is 10.3 Å². The van der Waals surface area contributed by atoms with Gasteiger partial charge in [-0.15, -0.1) is 0 Å². The summed E-state index contributed by atoms with van der Waals surface area (Å²) < 4.78 is 26.2. The molecule has 18 heavy (non-hydrogen) atoms. The van der Waals surface area contributed by atoms with Crippen LogP contribution in [-0.4, -0.2) is 38.3 Å². The standard InChI is InChI=1S/C10H15N3O4S/c1-2-17-10(14)8-3-4-9(13-7-8)12-5-6-18(11,15)16/h3-4,7H,2,5-6H2,1H3,(H,12,13)(H2,11,15,16). The third kappa shape index (κ3) is 5.11. The van der Waals surface area contributed by atoms with Gasteiger partial charge in [0, 0.05) is 12.7 Å². The predicted molar refractivity (Wildman–Crippen MR) is 66.7 cm³/mol. The molecule has 0 aliphatic rings. The first kappa shape index (κ1) is 14.4. The van der Waals surface area contributed by atoms with Gasteiger partial charge in [-0.25, -0.2) is 23.3 Å². The van der Waals surface area contributed by atoms with E-state index in [1.165, 1.54) is 6.20 Å². The molecular formula is C10H15N3O4S. The number of ether oxygens (including phenoxy) is 1. The van der Waals surface area contributed by atoms with E-state index < -0.39 is 16.0 Å². The molecule has 1 heterocycles. The number of esters is 1. The van der Waals surface area contributed by atoms with Gasteiger partial charge >= 0.3 is 5.97 Å². The number of nitrogens with zero attached hydrogens (tertiary/aromatic N) is 1. The van der Waals surface area contributed by atoms with E-state index in [9.17, 15) is 13.2 Å². The maximum atomic E-state index is 11.3. The van der Waals surface area contributed by atoms with Crippen molar-refractivity contribution in [3.63, 3.8) is 0 Å². The van der Waals surface area contributed by atoms with Crippen molar-refractivity contribution in [2.24, 2.45) is 5.14 Å². The number of rotatable bonds is 6. The molecule has 0 aromatic carbocycles. The maximum Gasteiger partial charge on any atom is 0.339 e. The molecule has 0 fully saturated rings. The summed E-state index contributed by atoms with van der Waals surface area (Å²) in [5.74, 6) is -0.165. The predicted octanol–water partition coefficient (Wildman–Crippen LogP) is -0.0413. The highest BCUT2D eigenvalue weighted by Gasteiger charge is 2.07. The lowest BCUT2D eigenvalue weighted by molar-refractivity contribution is 0.0526. The van der Waals surface area contributed by atoms with Gasteiger partial charge in [-0.3, -0.25) is 0 Å². The number of hydrogen-bond acceptors (Lipinski definition) is 6. The van der Waals surface area contributed by atoms with Gasteiger partial charge in [0.15, 0.2) is 0 Å². The van der Waals surface area contributed by atoms with Crippen LogP contribution in [0.1, 0.15) is 17.3 Å². The van der Waals surface area contributed by atoms with Gasteiger partial charge in [0.05, 0.1) is 17.9 Å². The van der Waals surface area contributed by atoms with Gasteiger partial charge in [-0.2, -0.15) is 0 Å². The van der Waals surface area contributed by atoms with Crippen LogP contribution in [-0.2, 0) is 14.8 Å². The SMILES string of the molecule is CCOC(=O)c1ccc(NCCS(N)(=O)=O)nc1. The first-order valence-corrected chi connectivity index (χ1v) is 7.01. The van der Waals surface area contributed by atoms with Gasteiger partial charge in [-0.05, 0) is 19.1 Å². The monoisotopic (exact) mass is 273 g/mol. The Bertz CT molecular complexity index is 498.